The fourth-order valence-electron chi connectivity index (χ4n) is 3.67. The maximum atomic E-state index is 5.64. The van der Waals surface area contributed by atoms with Crippen molar-refractivity contribution in [1.82, 2.24) is 25.3 Å². The average molecular weight is 446 g/mol. The highest BCUT2D eigenvalue weighted by Crippen LogP contribution is 2.29. The lowest BCUT2D eigenvalue weighted by Gasteiger charge is -2.32. The Morgan fingerprint density at radius 3 is 2.90 bits per heavy atom. The zero-order valence-electron chi connectivity index (χ0n) is 17.1. The normalized spacial score (nSPS) is 21.4. The van der Waals surface area contributed by atoms with Gasteiger partial charge in [-0.25, -0.2) is 15.0 Å². The molecule has 4 rings (SSSR count). The summed E-state index contributed by atoms with van der Waals surface area (Å²) in [6.45, 7) is 5.78. The number of hydrogen-bond donors (Lipinski definition) is 2. The minimum atomic E-state index is 0.216. The molecule has 8 nitrogen and oxygen atoms in total. The van der Waals surface area contributed by atoms with Gasteiger partial charge in [0.2, 0.25) is 5.95 Å². The first kappa shape index (κ1) is 21.2. The van der Waals surface area contributed by atoms with E-state index in [0.29, 0.717) is 28.7 Å². The third-order valence-electron chi connectivity index (χ3n) is 5.15. The van der Waals surface area contributed by atoms with Crippen molar-refractivity contribution in [1.29, 1.82) is 0 Å². The summed E-state index contributed by atoms with van der Waals surface area (Å²) in [5.41, 5.74) is 0. The molecule has 0 spiro atoms. The van der Waals surface area contributed by atoms with E-state index < -0.39 is 0 Å². The molecule has 2 atom stereocenters. The van der Waals surface area contributed by atoms with Crippen molar-refractivity contribution in [3.05, 3.63) is 24.5 Å². The third kappa shape index (κ3) is 5.99. The van der Waals surface area contributed by atoms with Crippen LogP contribution in [0.2, 0.25) is 0 Å². The quantitative estimate of drug-likeness (QED) is 0.393. The summed E-state index contributed by atoms with van der Waals surface area (Å²) in [7, 11) is 0. The van der Waals surface area contributed by atoms with E-state index in [1.807, 2.05) is 6.07 Å². The number of anilines is 2. The number of rotatable bonds is 6. The van der Waals surface area contributed by atoms with Crippen LogP contribution in [-0.2, 0) is 4.74 Å². The fourth-order valence-corrected chi connectivity index (χ4v) is 4.56. The number of piperidine rings is 1. The Labute approximate surface area is 186 Å². The molecule has 2 aliphatic rings. The van der Waals surface area contributed by atoms with Crippen LogP contribution in [0, 0.1) is 5.92 Å². The minimum absolute atomic E-state index is 0.216. The SMILES string of the molecule is C[C@H]1CCCN(c2cc(Sc3ncccn3)nc(NC(=S)NC[C@H]3CCCO3)n2)C1. The number of nitrogens with one attached hydrogen (secondary N) is 2. The van der Waals surface area contributed by atoms with Gasteiger partial charge in [-0.2, -0.15) is 4.98 Å². The van der Waals surface area contributed by atoms with Gasteiger partial charge in [-0.15, -0.1) is 0 Å². The van der Waals surface area contributed by atoms with Gasteiger partial charge >= 0.3 is 0 Å². The lowest BCUT2D eigenvalue weighted by atomic mass is 10.0. The molecule has 160 valence electrons. The summed E-state index contributed by atoms with van der Waals surface area (Å²) in [5, 5.41) is 8.30. The monoisotopic (exact) mass is 445 g/mol. The molecule has 2 N–H and O–H groups in total. The molecule has 0 saturated carbocycles. The number of aromatic nitrogens is 4. The summed E-state index contributed by atoms with van der Waals surface area (Å²) in [4.78, 5) is 20.3. The Kier molecular flexibility index (Phi) is 7.29. The molecular formula is C20H27N7OS2. The van der Waals surface area contributed by atoms with Gasteiger partial charge in [-0.05, 0) is 61.6 Å². The summed E-state index contributed by atoms with van der Waals surface area (Å²) < 4.78 is 5.64. The van der Waals surface area contributed by atoms with Crippen LogP contribution < -0.4 is 15.5 Å². The van der Waals surface area contributed by atoms with Gasteiger partial charge in [0.1, 0.15) is 10.8 Å². The van der Waals surface area contributed by atoms with E-state index in [-0.39, 0.29) is 6.10 Å². The lowest BCUT2D eigenvalue weighted by Crippen LogP contribution is -2.36. The second kappa shape index (κ2) is 10.3. The summed E-state index contributed by atoms with van der Waals surface area (Å²) >= 11 is 6.88. The summed E-state index contributed by atoms with van der Waals surface area (Å²) in [6.07, 6.45) is 8.26. The summed E-state index contributed by atoms with van der Waals surface area (Å²) in [5.74, 6) is 2.03. The number of ether oxygens (including phenoxy) is 1. The van der Waals surface area contributed by atoms with Crippen molar-refractivity contribution in [3.63, 3.8) is 0 Å². The molecule has 2 saturated heterocycles. The maximum Gasteiger partial charge on any atom is 0.232 e. The van der Waals surface area contributed by atoms with Crippen molar-refractivity contribution in [2.75, 3.05) is 36.5 Å². The van der Waals surface area contributed by atoms with Gasteiger partial charge in [-0.1, -0.05) is 6.92 Å². The van der Waals surface area contributed by atoms with Crippen LogP contribution in [-0.4, -0.2) is 57.4 Å². The van der Waals surface area contributed by atoms with Crippen LogP contribution >= 0.6 is 24.0 Å². The van der Waals surface area contributed by atoms with Gasteiger partial charge in [0, 0.05) is 44.7 Å². The van der Waals surface area contributed by atoms with E-state index in [0.717, 1.165) is 43.4 Å². The van der Waals surface area contributed by atoms with Crippen LogP contribution in [0.15, 0.2) is 34.7 Å². The largest absolute Gasteiger partial charge is 0.376 e. The molecule has 0 aromatic carbocycles. The first-order chi connectivity index (χ1) is 14.7. The molecule has 0 aliphatic carbocycles. The lowest BCUT2D eigenvalue weighted by molar-refractivity contribution is 0.114. The topological polar surface area (TPSA) is 88.1 Å². The smallest absolute Gasteiger partial charge is 0.232 e. The molecule has 2 aromatic rings. The van der Waals surface area contributed by atoms with Gasteiger partial charge in [-0.3, -0.25) is 0 Å². The zero-order valence-corrected chi connectivity index (χ0v) is 18.7. The number of nitrogens with zero attached hydrogens (tertiary/aromatic N) is 5. The Balaban J connectivity index is 1.49. The fraction of sp³-hybridized carbons (Fsp3) is 0.550. The molecule has 30 heavy (non-hydrogen) atoms. The first-order valence-electron chi connectivity index (χ1n) is 10.4. The van der Waals surface area contributed by atoms with Gasteiger partial charge < -0.3 is 20.3 Å². The molecule has 0 amide bonds. The number of hydrogen-bond acceptors (Lipinski definition) is 8. The van der Waals surface area contributed by atoms with Gasteiger partial charge in [0.05, 0.1) is 6.10 Å². The second-order valence-electron chi connectivity index (χ2n) is 7.68. The molecule has 4 heterocycles. The molecule has 0 bridgehead atoms. The van der Waals surface area contributed by atoms with Crippen molar-refractivity contribution in [3.8, 4) is 0 Å². The standard InChI is InChI=1S/C20H27N7OS2/c1-14-5-2-9-27(13-14)16-11-17(30-20-21-7-4-8-22-20)25-18(24-16)26-19(29)23-12-15-6-3-10-28-15/h4,7-8,11,14-15H,2-3,5-6,9-10,12-13H2,1H3,(H2,23,24,25,26,29)/t14-,15+/m0/s1. The highest BCUT2D eigenvalue weighted by Gasteiger charge is 2.20. The van der Waals surface area contributed by atoms with E-state index in [1.165, 1.54) is 24.6 Å². The van der Waals surface area contributed by atoms with Crippen LogP contribution in [0.1, 0.15) is 32.6 Å². The average Bonchev–Trinajstić information content (AvgIpc) is 3.27. The molecule has 2 fully saturated rings. The van der Waals surface area contributed by atoms with E-state index in [2.05, 4.69) is 37.4 Å². The molecular weight excluding hydrogens is 418 g/mol. The Morgan fingerprint density at radius 1 is 1.27 bits per heavy atom. The molecule has 0 radical (unpaired) electrons. The predicted molar refractivity (Wildman–Crippen MR) is 122 cm³/mol. The van der Waals surface area contributed by atoms with Crippen LogP contribution in [0.3, 0.4) is 0 Å². The highest BCUT2D eigenvalue weighted by atomic mass is 32.2. The Morgan fingerprint density at radius 2 is 2.13 bits per heavy atom. The Bertz CT molecular complexity index is 848. The number of thiocarbonyl (C=S) groups is 1. The van der Waals surface area contributed by atoms with E-state index in [1.54, 1.807) is 18.5 Å². The summed E-state index contributed by atoms with van der Waals surface area (Å²) in [6, 6.07) is 3.81. The third-order valence-corrected chi connectivity index (χ3v) is 6.21. The molecule has 2 aliphatic heterocycles. The van der Waals surface area contributed by atoms with E-state index >= 15 is 0 Å². The van der Waals surface area contributed by atoms with Gasteiger partial charge in [0.15, 0.2) is 10.3 Å². The van der Waals surface area contributed by atoms with E-state index in [4.69, 9.17) is 21.9 Å². The highest BCUT2D eigenvalue weighted by molar-refractivity contribution is 7.99. The zero-order chi connectivity index (χ0) is 20.8. The van der Waals surface area contributed by atoms with Crippen LogP contribution in [0.4, 0.5) is 11.8 Å². The van der Waals surface area contributed by atoms with Crippen LogP contribution in [0.25, 0.3) is 0 Å². The molecule has 2 aromatic heterocycles. The van der Waals surface area contributed by atoms with Crippen LogP contribution in [0.5, 0.6) is 0 Å². The first-order valence-corrected chi connectivity index (χ1v) is 11.6. The predicted octanol–water partition coefficient (Wildman–Crippen LogP) is 3.12. The van der Waals surface area contributed by atoms with Crippen molar-refractivity contribution in [2.45, 2.75) is 48.9 Å². The van der Waals surface area contributed by atoms with Crippen molar-refractivity contribution < 1.29 is 4.74 Å². The minimum Gasteiger partial charge on any atom is -0.376 e. The van der Waals surface area contributed by atoms with E-state index in [9.17, 15) is 0 Å². The Hall–Kier alpha value is -2.04. The van der Waals surface area contributed by atoms with Crippen molar-refractivity contribution >= 4 is 40.9 Å². The maximum absolute atomic E-state index is 5.64. The van der Waals surface area contributed by atoms with Gasteiger partial charge in [0.25, 0.3) is 0 Å². The molecule has 10 heteroatoms. The molecule has 0 unspecified atom stereocenters. The second-order valence-corrected chi connectivity index (χ2v) is 9.08. The van der Waals surface area contributed by atoms with Crippen molar-refractivity contribution in [2.24, 2.45) is 5.92 Å².